The van der Waals surface area contributed by atoms with E-state index in [-0.39, 0.29) is 4.74 Å². The third kappa shape index (κ3) is 1.85. The van der Waals surface area contributed by atoms with Crippen LogP contribution in [0.5, 0.6) is 0 Å². The van der Waals surface area contributed by atoms with Crippen LogP contribution in [-0.2, 0) is 0 Å². The molecule has 0 spiro atoms. The summed E-state index contributed by atoms with van der Waals surface area (Å²) in [5.74, 6) is -0.729. The summed E-state index contributed by atoms with van der Waals surface area (Å²) in [6.07, 6.45) is 0. The first-order chi connectivity index (χ1) is 6.75. The fourth-order valence-electron chi connectivity index (χ4n) is 1.08. The Morgan fingerprint density at radius 2 is 1.93 bits per heavy atom. The molecule has 0 amide bonds. The van der Waals surface area contributed by atoms with E-state index in [4.69, 9.17) is 0 Å². The minimum Gasteiger partial charge on any atom is -0.278 e. The van der Waals surface area contributed by atoms with Crippen LogP contribution >= 0.6 is 11.3 Å². The second-order valence-electron chi connectivity index (χ2n) is 2.67. The largest absolute Gasteiger partial charge is 0.278 e. The van der Waals surface area contributed by atoms with Crippen LogP contribution in [0.2, 0.25) is 0 Å². The Bertz CT molecular complexity index is 495. The van der Waals surface area contributed by atoms with E-state index in [9.17, 15) is 9.18 Å². The summed E-state index contributed by atoms with van der Waals surface area (Å²) in [5.41, 5.74) is 0.758. The zero-order valence-electron chi connectivity index (χ0n) is 7.11. The minimum atomic E-state index is -0.729. The lowest BCUT2D eigenvalue weighted by Crippen LogP contribution is -1.97. The van der Waals surface area contributed by atoms with Gasteiger partial charge < -0.3 is 0 Å². The number of halogens is 1. The van der Waals surface area contributed by atoms with Crippen LogP contribution in [0.4, 0.5) is 4.39 Å². The van der Waals surface area contributed by atoms with Crippen molar-refractivity contribution in [1.29, 1.82) is 0 Å². The van der Waals surface area contributed by atoms with Crippen molar-refractivity contribution in [1.82, 2.24) is 4.98 Å². The molecule has 4 heteroatoms. The molecular formula is C10H6FNOS. The SMILES string of the molecule is O=c1cc(F)nc(-c2ccccc2)s1. The molecule has 0 N–H and O–H groups in total. The van der Waals surface area contributed by atoms with Gasteiger partial charge in [0.1, 0.15) is 5.01 Å². The van der Waals surface area contributed by atoms with Crippen molar-refractivity contribution in [2.75, 3.05) is 0 Å². The molecule has 0 aliphatic carbocycles. The third-order valence-corrected chi connectivity index (χ3v) is 2.50. The monoisotopic (exact) mass is 207 g/mol. The lowest BCUT2D eigenvalue weighted by molar-refractivity contribution is 0.586. The summed E-state index contributed by atoms with van der Waals surface area (Å²) in [7, 11) is 0. The highest BCUT2D eigenvalue weighted by Crippen LogP contribution is 2.18. The Labute approximate surface area is 83.7 Å². The van der Waals surface area contributed by atoms with Crippen molar-refractivity contribution >= 4 is 11.3 Å². The van der Waals surface area contributed by atoms with E-state index in [2.05, 4.69) is 4.98 Å². The van der Waals surface area contributed by atoms with Gasteiger partial charge in [0.2, 0.25) is 10.7 Å². The summed E-state index contributed by atoms with van der Waals surface area (Å²) in [5, 5.41) is 0.413. The molecule has 1 aromatic carbocycles. The van der Waals surface area contributed by atoms with Gasteiger partial charge in [-0.2, -0.15) is 4.39 Å². The molecule has 0 aliphatic heterocycles. The smallest absolute Gasteiger partial charge is 0.238 e. The Balaban J connectivity index is 2.58. The maximum atomic E-state index is 12.8. The Morgan fingerprint density at radius 1 is 1.21 bits per heavy atom. The normalized spacial score (nSPS) is 10.1. The Kier molecular flexibility index (Phi) is 2.37. The Morgan fingerprint density at radius 3 is 2.57 bits per heavy atom. The molecule has 1 aromatic heterocycles. The fraction of sp³-hybridized carbons (Fsp3) is 0. The quantitative estimate of drug-likeness (QED) is 0.718. The predicted octanol–water partition coefficient (Wildman–Crippen LogP) is 2.31. The molecule has 0 aliphatic rings. The van der Waals surface area contributed by atoms with E-state index in [1.807, 2.05) is 18.2 Å². The van der Waals surface area contributed by atoms with E-state index >= 15 is 0 Å². The summed E-state index contributed by atoms with van der Waals surface area (Å²) in [4.78, 5) is 14.7. The first-order valence-corrected chi connectivity index (χ1v) is 4.80. The van der Waals surface area contributed by atoms with Crippen LogP contribution in [0, 0.1) is 5.95 Å². The van der Waals surface area contributed by atoms with Gasteiger partial charge in [0.25, 0.3) is 0 Å². The minimum absolute atomic E-state index is 0.323. The molecule has 70 valence electrons. The second kappa shape index (κ2) is 3.67. The lowest BCUT2D eigenvalue weighted by Gasteiger charge is -1.97. The highest BCUT2D eigenvalue weighted by atomic mass is 32.1. The summed E-state index contributed by atoms with van der Waals surface area (Å²) in [6.45, 7) is 0. The molecule has 0 bridgehead atoms. The van der Waals surface area contributed by atoms with Crippen molar-refractivity contribution in [2.45, 2.75) is 0 Å². The van der Waals surface area contributed by atoms with E-state index in [0.717, 1.165) is 23.0 Å². The van der Waals surface area contributed by atoms with Gasteiger partial charge in [-0.1, -0.05) is 41.7 Å². The molecule has 0 saturated carbocycles. The molecule has 0 unspecified atom stereocenters. The first-order valence-electron chi connectivity index (χ1n) is 3.99. The van der Waals surface area contributed by atoms with E-state index < -0.39 is 5.95 Å². The second-order valence-corrected chi connectivity index (χ2v) is 3.66. The molecule has 0 atom stereocenters. The number of hydrogen-bond donors (Lipinski definition) is 0. The van der Waals surface area contributed by atoms with Crippen LogP contribution in [0.25, 0.3) is 10.6 Å². The number of benzene rings is 1. The van der Waals surface area contributed by atoms with Crippen LogP contribution < -0.4 is 4.74 Å². The number of nitrogens with zero attached hydrogens (tertiary/aromatic N) is 1. The average molecular weight is 207 g/mol. The molecule has 0 fully saturated rings. The molecule has 0 saturated heterocycles. The molecular weight excluding hydrogens is 201 g/mol. The van der Waals surface area contributed by atoms with Crippen molar-refractivity contribution in [3.63, 3.8) is 0 Å². The highest BCUT2D eigenvalue weighted by Gasteiger charge is 2.02. The van der Waals surface area contributed by atoms with Gasteiger partial charge in [-0.05, 0) is 0 Å². The summed E-state index contributed by atoms with van der Waals surface area (Å²) < 4.78 is 12.5. The molecule has 1 heterocycles. The fourth-order valence-corrected chi connectivity index (χ4v) is 1.81. The van der Waals surface area contributed by atoms with Gasteiger partial charge >= 0.3 is 0 Å². The average Bonchev–Trinajstić information content (AvgIpc) is 2.18. The number of hydrogen-bond acceptors (Lipinski definition) is 3. The third-order valence-electron chi connectivity index (χ3n) is 1.66. The van der Waals surface area contributed by atoms with Gasteiger partial charge in [0.15, 0.2) is 0 Å². The zero-order chi connectivity index (χ0) is 9.97. The van der Waals surface area contributed by atoms with Crippen LogP contribution in [-0.4, -0.2) is 4.98 Å². The summed E-state index contributed by atoms with van der Waals surface area (Å²) in [6, 6.07) is 9.95. The lowest BCUT2D eigenvalue weighted by atomic mass is 10.2. The van der Waals surface area contributed by atoms with Crippen LogP contribution in [0.3, 0.4) is 0 Å². The molecule has 0 radical (unpaired) electrons. The molecule has 14 heavy (non-hydrogen) atoms. The molecule has 2 nitrogen and oxygen atoms in total. The van der Waals surface area contributed by atoms with Gasteiger partial charge in [0, 0.05) is 5.56 Å². The number of rotatable bonds is 1. The van der Waals surface area contributed by atoms with E-state index in [1.54, 1.807) is 12.1 Å². The maximum absolute atomic E-state index is 12.8. The molecule has 2 aromatic rings. The summed E-state index contributed by atoms with van der Waals surface area (Å²) >= 11 is 0.938. The van der Waals surface area contributed by atoms with E-state index in [1.165, 1.54) is 0 Å². The van der Waals surface area contributed by atoms with Gasteiger partial charge in [-0.3, -0.25) is 4.79 Å². The van der Waals surface area contributed by atoms with Crippen molar-refractivity contribution in [3.05, 3.63) is 51.9 Å². The standard InChI is InChI=1S/C10H6FNOS/c11-8-6-9(13)14-10(12-8)7-4-2-1-3-5-7/h1-6H. The highest BCUT2D eigenvalue weighted by molar-refractivity contribution is 7.12. The maximum Gasteiger partial charge on any atom is 0.238 e. The topological polar surface area (TPSA) is 30.0 Å². The van der Waals surface area contributed by atoms with Gasteiger partial charge in [-0.25, -0.2) is 4.98 Å². The molecule has 2 rings (SSSR count). The van der Waals surface area contributed by atoms with Crippen molar-refractivity contribution in [2.24, 2.45) is 0 Å². The predicted molar refractivity (Wildman–Crippen MR) is 53.8 cm³/mol. The van der Waals surface area contributed by atoms with Crippen LogP contribution in [0.1, 0.15) is 0 Å². The van der Waals surface area contributed by atoms with Crippen LogP contribution in [0.15, 0.2) is 41.2 Å². The first kappa shape index (κ1) is 9.02. The number of aromatic nitrogens is 1. The van der Waals surface area contributed by atoms with E-state index in [0.29, 0.717) is 5.01 Å². The Hall–Kier alpha value is -1.55. The van der Waals surface area contributed by atoms with Gasteiger partial charge in [0.05, 0.1) is 6.07 Å². The zero-order valence-corrected chi connectivity index (χ0v) is 7.92. The van der Waals surface area contributed by atoms with Crippen molar-refractivity contribution < 1.29 is 4.39 Å². The van der Waals surface area contributed by atoms with Gasteiger partial charge in [-0.15, -0.1) is 0 Å². The van der Waals surface area contributed by atoms with Crippen molar-refractivity contribution in [3.8, 4) is 10.6 Å².